The standard InChI is InChI=1S/C16H22BrNO2/c1-12(9-13-5-4-6-14(17)10-13)18-15(19)11-16(20)7-2-3-8-16/h4-6,10,12,20H,2-3,7-9,11H2,1H3,(H,18,19). The second-order valence-electron chi connectivity index (χ2n) is 5.91. The van der Waals surface area contributed by atoms with Crippen molar-refractivity contribution >= 4 is 21.8 Å². The van der Waals surface area contributed by atoms with Crippen molar-refractivity contribution in [1.29, 1.82) is 0 Å². The predicted molar refractivity (Wildman–Crippen MR) is 83.5 cm³/mol. The molecule has 0 aromatic heterocycles. The van der Waals surface area contributed by atoms with E-state index in [1.54, 1.807) is 0 Å². The van der Waals surface area contributed by atoms with Crippen molar-refractivity contribution in [3.8, 4) is 0 Å². The number of nitrogens with one attached hydrogen (secondary N) is 1. The third-order valence-corrected chi connectivity index (χ3v) is 4.36. The molecule has 1 aromatic rings. The molecule has 1 unspecified atom stereocenters. The third-order valence-electron chi connectivity index (χ3n) is 3.86. The first-order valence-electron chi connectivity index (χ1n) is 7.23. The van der Waals surface area contributed by atoms with Crippen LogP contribution in [0, 0.1) is 0 Å². The first-order valence-corrected chi connectivity index (χ1v) is 8.02. The van der Waals surface area contributed by atoms with Crippen molar-refractivity contribution < 1.29 is 9.90 Å². The highest BCUT2D eigenvalue weighted by molar-refractivity contribution is 9.10. The molecule has 1 saturated carbocycles. The van der Waals surface area contributed by atoms with Gasteiger partial charge in [-0.2, -0.15) is 0 Å². The monoisotopic (exact) mass is 339 g/mol. The van der Waals surface area contributed by atoms with Crippen molar-refractivity contribution in [1.82, 2.24) is 5.32 Å². The largest absolute Gasteiger partial charge is 0.389 e. The average Bonchev–Trinajstić information content (AvgIpc) is 2.74. The molecule has 1 amide bonds. The van der Waals surface area contributed by atoms with Gasteiger partial charge in [0.05, 0.1) is 12.0 Å². The van der Waals surface area contributed by atoms with E-state index < -0.39 is 5.60 Å². The highest BCUT2D eigenvalue weighted by atomic mass is 79.9. The topological polar surface area (TPSA) is 49.3 Å². The maximum Gasteiger partial charge on any atom is 0.223 e. The van der Waals surface area contributed by atoms with Gasteiger partial charge in [-0.1, -0.05) is 40.9 Å². The molecule has 20 heavy (non-hydrogen) atoms. The second-order valence-corrected chi connectivity index (χ2v) is 6.83. The summed E-state index contributed by atoms with van der Waals surface area (Å²) in [4.78, 5) is 12.0. The highest BCUT2D eigenvalue weighted by Crippen LogP contribution is 2.32. The zero-order valence-corrected chi connectivity index (χ0v) is 13.4. The molecular weight excluding hydrogens is 318 g/mol. The molecule has 1 aliphatic carbocycles. The number of hydrogen-bond acceptors (Lipinski definition) is 2. The van der Waals surface area contributed by atoms with E-state index in [-0.39, 0.29) is 18.4 Å². The number of halogens is 1. The van der Waals surface area contributed by atoms with Crippen molar-refractivity contribution in [3.63, 3.8) is 0 Å². The van der Waals surface area contributed by atoms with Crippen LogP contribution in [0.15, 0.2) is 28.7 Å². The van der Waals surface area contributed by atoms with E-state index in [2.05, 4.69) is 33.4 Å². The second kappa shape index (κ2) is 6.72. The van der Waals surface area contributed by atoms with E-state index in [1.165, 1.54) is 5.56 Å². The lowest BCUT2D eigenvalue weighted by Gasteiger charge is -2.22. The molecule has 1 aromatic carbocycles. The van der Waals surface area contributed by atoms with Gasteiger partial charge in [0.15, 0.2) is 0 Å². The summed E-state index contributed by atoms with van der Waals surface area (Å²) in [5, 5.41) is 13.2. The van der Waals surface area contributed by atoms with E-state index in [0.717, 1.165) is 36.6 Å². The van der Waals surface area contributed by atoms with Crippen molar-refractivity contribution in [2.24, 2.45) is 0 Å². The molecule has 4 heteroatoms. The highest BCUT2D eigenvalue weighted by Gasteiger charge is 2.33. The van der Waals surface area contributed by atoms with Gasteiger partial charge in [0.25, 0.3) is 0 Å². The molecule has 0 spiro atoms. The van der Waals surface area contributed by atoms with E-state index in [9.17, 15) is 9.90 Å². The van der Waals surface area contributed by atoms with Gasteiger partial charge in [-0.3, -0.25) is 4.79 Å². The van der Waals surface area contributed by atoms with Crippen LogP contribution in [-0.4, -0.2) is 22.7 Å². The van der Waals surface area contributed by atoms with Crippen molar-refractivity contribution in [3.05, 3.63) is 34.3 Å². The molecule has 1 aliphatic rings. The van der Waals surface area contributed by atoms with Crippen LogP contribution in [0.4, 0.5) is 0 Å². The normalized spacial score (nSPS) is 18.8. The quantitative estimate of drug-likeness (QED) is 0.865. The van der Waals surface area contributed by atoms with E-state index in [0.29, 0.717) is 0 Å². The first kappa shape index (κ1) is 15.5. The molecule has 0 heterocycles. The molecule has 0 radical (unpaired) electrons. The Morgan fingerprint density at radius 1 is 1.45 bits per heavy atom. The minimum atomic E-state index is -0.764. The number of benzene rings is 1. The maximum absolute atomic E-state index is 12.0. The van der Waals surface area contributed by atoms with Crippen LogP contribution in [0.2, 0.25) is 0 Å². The van der Waals surface area contributed by atoms with Gasteiger partial charge in [0.1, 0.15) is 0 Å². The Morgan fingerprint density at radius 2 is 2.15 bits per heavy atom. The fourth-order valence-electron chi connectivity index (χ4n) is 2.90. The van der Waals surface area contributed by atoms with Crippen LogP contribution in [0.1, 0.15) is 44.6 Å². The summed E-state index contributed by atoms with van der Waals surface area (Å²) in [7, 11) is 0. The molecule has 2 rings (SSSR count). The average molecular weight is 340 g/mol. The SMILES string of the molecule is CC(Cc1cccc(Br)c1)NC(=O)CC1(O)CCCC1. The molecule has 110 valence electrons. The molecule has 1 atom stereocenters. The number of carbonyl (C=O) groups excluding carboxylic acids is 1. The van der Waals surface area contributed by atoms with Crippen LogP contribution >= 0.6 is 15.9 Å². The van der Waals surface area contributed by atoms with Crippen molar-refractivity contribution in [2.45, 2.75) is 57.1 Å². The minimum Gasteiger partial charge on any atom is -0.389 e. The smallest absolute Gasteiger partial charge is 0.223 e. The number of carbonyl (C=O) groups is 1. The Hall–Kier alpha value is -0.870. The van der Waals surface area contributed by atoms with Crippen LogP contribution in [0.25, 0.3) is 0 Å². The van der Waals surface area contributed by atoms with Gasteiger partial charge in [-0.15, -0.1) is 0 Å². The molecule has 0 aliphatic heterocycles. The number of hydrogen-bond donors (Lipinski definition) is 2. The van der Waals surface area contributed by atoms with Crippen LogP contribution in [0.3, 0.4) is 0 Å². The van der Waals surface area contributed by atoms with E-state index in [4.69, 9.17) is 0 Å². The molecule has 3 nitrogen and oxygen atoms in total. The van der Waals surface area contributed by atoms with Gasteiger partial charge in [-0.05, 0) is 43.9 Å². The Morgan fingerprint density at radius 3 is 2.80 bits per heavy atom. The molecule has 0 saturated heterocycles. The lowest BCUT2D eigenvalue weighted by molar-refractivity contribution is -0.126. The van der Waals surface area contributed by atoms with Crippen LogP contribution in [-0.2, 0) is 11.2 Å². The van der Waals surface area contributed by atoms with E-state index >= 15 is 0 Å². The Balaban J connectivity index is 1.82. The molecule has 2 N–H and O–H groups in total. The summed E-state index contributed by atoms with van der Waals surface area (Å²) >= 11 is 3.45. The summed E-state index contributed by atoms with van der Waals surface area (Å²) in [6, 6.07) is 8.17. The zero-order chi connectivity index (χ0) is 14.6. The Bertz CT molecular complexity index is 469. The fourth-order valence-corrected chi connectivity index (χ4v) is 3.35. The third kappa shape index (κ3) is 4.60. The maximum atomic E-state index is 12.0. The van der Waals surface area contributed by atoms with Gasteiger partial charge in [0.2, 0.25) is 5.91 Å². The minimum absolute atomic E-state index is 0.0445. The van der Waals surface area contributed by atoms with Crippen molar-refractivity contribution in [2.75, 3.05) is 0 Å². The summed E-state index contributed by atoms with van der Waals surface area (Å²) in [5.41, 5.74) is 0.423. The fraction of sp³-hybridized carbons (Fsp3) is 0.562. The van der Waals surface area contributed by atoms with Gasteiger partial charge in [0, 0.05) is 10.5 Å². The Labute approximate surface area is 128 Å². The number of aliphatic hydroxyl groups is 1. The lowest BCUT2D eigenvalue weighted by Crippen LogP contribution is -2.39. The summed E-state index contributed by atoms with van der Waals surface area (Å²) in [5.74, 6) is -0.0445. The van der Waals surface area contributed by atoms with Crippen LogP contribution in [0.5, 0.6) is 0 Å². The molecule has 0 bridgehead atoms. The summed E-state index contributed by atoms with van der Waals surface area (Å²) in [6.45, 7) is 2.00. The molecular formula is C16H22BrNO2. The molecule has 1 fully saturated rings. The number of rotatable bonds is 5. The van der Waals surface area contributed by atoms with Gasteiger partial charge >= 0.3 is 0 Å². The van der Waals surface area contributed by atoms with Gasteiger partial charge < -0.3 is 10.4 Å². The number of amides is 1. The predicted octanol–water partition coefficient (Wildman–Crippen LogP) is 3.19. The zero-order valence-electron chi connectivity index (χ0n) is 11.9. The summed E-state index contributed by atoms with van der Waals surface area (Å²) in [6.07, 6.45) is 4.58. The van der Waals surface area contributed by atoms with E-state index in [1.807, 2.05) is 19.1 Å². The van der Waals surface area contributed by atoms with Crippen LogP contribution < -0.4 is 5.32 Å². The van der Waals surface area contributed by atoms with Gasteiger partial charge in [-0.25, -0.2) is 0 Å². The summed E-state index contributed by atoms with van der Waals surface area (Å²) < 4.78 is 1.05. The Kier molecular flexibility index (Phi) is 5.22. The first-order chi connectivity index (χ1) is 9.47. The lowest BCUT2D eigenvalue weighted by atomic mass is 9.97.